The number of nitrogens with one attached hydrogen (secondary N) is 1. The number of aryl methyl sites for hydroxylation is 2. The van der Waals surface area contributed by atoms with Gasteiger partial charge in [0.1, 0.15) is 4.21 Å². The summed E-state index contributed by atoms with van der Waals surface area (Å²) in [7, 11) is -1.93. The second-order valence-electron chi connectivity index (χ2n) is 5.28. The van der Waals surface area contributed by atoms with Gasteiger partial charge < -0.3 is 0 Å². The lowest BCUT2D eigenvalue weighted by Crippen LogP contribution is -2.35. The fourth-order valence-electron chi connectivity index (χ4n) is 2.21. The third-order valence-electron chi connectivity index (χ3n) is 3.61. The van der Waals surface area contributed by atoms with Crippen LogP contribution in [0.4, 0.5) is 0 Å². The van der Waals surface area contributed by atoms with Crippen LogP contribution in [0.3, 0.4) is 0 Å². The molecule has 0 aliphatic rings. The first-order valence-electron chi connectivity index (χ1n) is 6.81. The highest BCUT2D eigenvalue weighted by molar-refractivity contribution is 7.92. The molecule has 1 atom stereocenters. The van der Waals surface area contributed by atoms with Crippen LogP contribution in [0.25, 0.3) is 0 Å². The zero-order valence-electron chi connectivity index (χ0n) is 13.0. The zero-order valence-corrected chi connectivity index (χ0v) is 14.6. The minimum Gasteiger partial charge on any atom is -0.274 e. The molecule has 0 fully saturated rings. The Labute approximate surface area is 134 Å². The fourth-order valence-corrected chi connectivity index (χ4v) is 4.28. The van der Waals surface area contributed by atoms with Gasteiger partial charge in [0.2, 0.25) is 5.91 Å². The molecule has 8 heteroatoms. The summed E-state index contributed by atoms with van der Waals surface area (Å²) in [5, 5.41) is 5.96. The lowest BCUT2D eigenvalue weighted by molar-refractivity contribution is -0.122. The number of carbonyl (C=O) groups excluding carboxylic acids is 1. The number of rotatable bonds is 5. The molecular weight excluding hydrogens is 322 g/mol. The summed E-state index contributed by atoms with van der Waals surface area (Å²) >= 11 is 1.08. The first kappa shape index (κ1) is 16.7. The lowest BCUT2D eigenvalue weighted by Gasteiger charge is -2.12. The second-order valence-corrected chi connectivity index (χ2v) is 8.14. The van der Waals surface area contributed by atoms with Crippen LogP contribution < -0.4 is 4.72 Å². The quantitative estimate of drug-likeness (QED) is 0.899. The Balaban J connectivity index is 2.10. The Morgan fingerprint density at radius 1 is 1.45 bits per heavy atom. The summed E-state index contributed by atoms with van der Waals surface area (Å²) in [4.78, 5) is 12.2. The first-order chi connectivity index (χ1) is 10.2. The molecule has 6 nitrogen and oxygen atoms in total. The molecule has 0 saturated heterocycles. The van der Waals surface area contributed by atoms with E-state index in [1.807, 2.05) is 20.9 Å². The van der Waals surface area contributed by atoms with Gasteiger partial charge >= 0.3 is 0 Å². The van der Waals surface area contributed by atoms with Crippen LogP contribution in [-0.2, 0) is 28.3 Å². The summed E-state index contributed by atoms with van der Waals surface area (Å²) in [6, 6.07) is 3.11. The lowest BCUT2D eigenvalue weighted by atomic mass is 9.99. The van der Waals surface area contributed by atoms with Crippen LogP contribution in [0, 0.1) is 19.8 Å². The van der Waals surface area contributed by atoms with E-state index in [1.165, 1.54) is 6.07 Å². The Bertz CT molecular complexity index is 777. The molecular formula is C14H19N3O3S2. The maximum atomic E-state index is 12.2. The number of sulfonamides is 1. The van der Waals surface area contributed by atoms with Crippen LogP contribution in [0.2, 0.25) is 0 Å². The topological polar surface area (TPSA) is 81.1 Å². The number of nitrogens with zero attached hydrogens (tertiary/aromatic N) is 2. The van der Waals surface area contributed by atoms with Crippen molar-refractivity contribution in [2.45, 2.75) is 31.4 Å². The van der Waals surface area contributed by atoms with Crippen molar-refractivity contribution in [3.63, 3.8) is 0 Å². The summed E-state index contributed by atoms with van der Waals surface area (Å²) < 4.78 is 28.2. The molecule has 0 aliphatic carbocycles. The number of carbonyl (C=O) groups is 1. The molecule has 120 valence electrons. The average Bonchev–Trinajstić information content (AvgIpc) is 3.04. The first-order valence-corrected chi connectivity index (χ1v) is 9.18. The van der Waals surface area contributed by atoms with Crippen molar-refractivity contribution in [1.82, 2.24) is 14.5 Å². The number of thiophene rings is 1. The predicted octanol–water partition coefficient (Wildman–Crippen LogP) is 1.78. The molecule has 0 aliphatic heterocycles. The van der Waals surface area contributed by atoms with E-state index in [-0.39, 0.29) is 4.21 Å². The van der Waals surface area contributed by atoms with E-state index in [0.29, 0.717) is 6.42 Å². The SMILES string of the molecule is Cc1nn(C)c(C)c1C[C@@H](C)C(=O)NS(=O)(=O)c1cccs1. The molecule has 2 rings (SSSR count). The summed E-state index contributed by atoms with van der Waals surface area (Å²) in [5.41, 5.74) is 2.83. The van der Waals surface area contributed by atoms with Crippen molar-refractivity contribution in [1.29, 1.82) is 0 Å². The van der Waals surface area contributed by atoms with Crippen LogP contribution in [0.5, 0.6) is 0 Å². The van der Waals surface area contributed by atoms with E-state index in [0.717, 1.165) is 28.3 Å². The maximum Gasteiger partial charge on any atom is 0.273 e. The largest absolute Gasteiger partial charge is 0.274 e. The highest BCUT2D eigenvalue weighted by Crippen LogP contribution is 2.19. The van der Waals surface area contributed by atoms with Crippen LogP contribution >= 0.6 is 11.3 Å². The van der Waals surface area contributed by atoms with Crippen molar-refractivity contribution in [3.05, 3.63) is 34.5 Å². The van der Waals surface area contributed by atoms with Gasteiger partial charge in [-0.1, -0.05) is 13.0 Å². The number of aromatic nitrogens is 2. The molecule has 0 spiro atoms. The van der Waals surface area contributed by atoms with Gasteiger partial charge in [0, 0.05) is 18.7 Å². The van der Waals surface area contributed by atoms with Gasteiger partial charge in [-0.2, -0.15) is 5.10 Å². The van der Waals surface area contributed by atoms with Crippen molar-refractivity contribution in [2.24, 2.45) is 13.0 Å². The van der Waals surface area contributed by atoms with Gasteiger partial charge in [-0.3, -0.25) is 9.48 Å². The third kappa shape index (κ3) is 3.38. The van der Waals surface area contributed by atoms with E-state index in [2.05, 4.69) is 9.82 Å². The minimum atomic E-state index is -3.77. The Morgan fingerprint density at radius 3 is 2.64 bits per heavy atom. The second kappa shape index (κ2) is 6.21. The molecule has 2 aromatic rings. The molecule has 0 bridgehead atoms. The van der Waals surface area contributed by atoms with Gasteiger partial charge in [0.15, 0.2) is 0 Å². The highest BCUT2D eigenvalue weighted by atomic mass is 32.2. The highest BCUT2D eigenvalue weighted by Gasteiger charge is 2.24. The van der Waals surface area contributed by atoms with Gasteiger partial charge in [-0.15, -0.1) is 11.3 Å². The van der Waals surface area contributed by atoms with E-state index < -0.39 is 21.8 Å². The number of hydrogen-bond donors (Lipinski definition) is 1. The minimum absolute atomic E-state index is 0.141. The number of amides is 1. The molecule has 2 heterocycles. The standard InChI is InChI=1S/C14H19N3O3S2/c1-9(8-12-10(2)15-17(4)11(12)3)14(18)16-22(19,20)13-6-5-7-21-13/h5-7,9H,8H2,1-4H3,(H,16,18)/t9-/m1/s1. The van der Waals surface area contributed by atoms with Crippen molar-refractivity contribution in [2.75, 3.05) is 0 Å². The van der Waals surface area contributed by atoms with Crippen LogP contribution in [0.15, 0.2) is 21.7 Å². The number of hydrogen-bond acceptors (Lipinski definition) is 5. The van der Waals surface area contributed by atoms with Gasteiger partial charge in [0.25, 0.3) is 10.0 Å². The van der Waals surface area contributed by atoms with E-state index in [1.54, 1.807) is 23.1 Å². The van der Waals surface area contributed by atoms with E-state index in [9.17, 15) is 13.2 Å². The van der Waals surface area contributed by atoms with Crippen molar-refractivity contribution >= 4 is 27.3 Å². The normalized spacial score (nSPS) is 13.1. The van der Waals surface area contributed by atoms with E-state index in [4.69, 9.17) is 0 Å². The van der Waals surface area contributed by atoms with Crippen molar-refractivity contribution in [3.8, 4) is 0 Å². The van der Waals surface area contributed by atoms with E-state index >= 15 is 0 Å². The molecule has 0 radical (unpaired) electrons. The maximum absolute atomic E-state index is 12.2. The van der Waals surface area contributed by atoms with Gasteiger partial charge in [0.05, 0.1) is 5.69 Å². The Kier molecular flexibility index (Phi) is 4.72. The fraction of sp³-hybridized carbons (Fsp3) is 0.429. The molecule has 1 amide bonds. The Morgan fingerprint density at radius 2 is 2.14 bits per heavy atom. The average molecular weight is 341 g/mol. The van der Waals surface area contributed by atoms with Gasteiger partial charge in [-0.05, 0) is 37.3 Å². The monoisotopic (exact) mass is 341 g/mol. The zero-order chi connectivity index (χ0) is 16.5. The third-order valence-corrected chi connectivity index (χ3v) is 6.36. The summed E-state index contributed by atoms with van der Waals surface area (Å²) in [6.07, 6.45) is 0.456. The molecule has 22 heavy (non-hydrogen) atoms. The molecule has 0 unspecified atom stereocenters. The smallest absolute Gasteiger partial charge is 0.273 e. The molecule has 0 saturated carbocycles. The summed E-state index contributed by atoms with van der Waals surface area (Å²) in [5.74, 6) is -0.965. The van der Waals surface area contributed by atoms with Crippen LogP contribution in [0.1, 0.15) is 23.9 Å². The van der Waals surface area contributed by atoms with Crippen molar-refractivity contribution < 1.29 is 13.2 Å². The van der Waals surface area contributed by atoms with Crippen LogP contribution in [-0.4, -0.2) is 24.1 Å². The Hall–Kier alpha value is -1.67. The molecule has 0 aromatic carbocycles. The molecule has 2 aromatic heterocycles. The molecule has 1 N–H and O–H groups in total. The van der Waals surface area contributed by atoms with Gasteiger partial charge in [-0.25, -0.2) is 13.1 Å². The summed E-state index contributed by atoms with van der Waals surface area (Å²) in [6.45, 7) is 5.53. The predicted molar refractivity (Wildman–Crippen MR) is 85.2 cm³/mol.